The third-order valence-electron chi connectivity index (χ3n) is 5.55. The quantitative estimate of drug-likeness (QED) is 0.670. The van der Waals surface area contributed by atoms with Crippen LogP contribution in [0.15, 0.2) is 66.9 Å². The van der Waals surface area contributed by atoms with E-state index in [0.29, 0.717) is 24.3 Å². The predicted molar refractivity (Wildman–Crippen MR) is 118 cm³/mol. The summed E-state index contributed by atoms with van der Waals surface area (Å²) in [4.78, 5) is 31.6. The van der Waals surface area contributed by atoms with Crippen LogP contribution >= 0.6 is 0 Å². The standard InChI is InChI=1S/C25H24FN3O2/c1-17-7-8-20(15-27-17)25(31)29-13-3-5-21(16-29)24(30)28-23-6-2-4-19(14-23)18-9-11-22(26)12-10-18/h2,4,6-12,14-15,21H,3,5,13,16H2,1H3,(H,28,30)/t21-/m1/s1. The van der Waals surface area contributed by atoms with Crippen molar-refractivity contribution < 1.29 is 14.0 Å². The first-order chi connectivity index (χ1) is 15.0. The van der Waals surface area contributed by atoms with Crippen LogP contribution in [0.1, 0.15) is 28.9 Å². The molecule has 1 saturated heterocycles. The number of benzene rings is 2. The van der Waals surface area contributed by atoms with Gasteiger partial charge in [-0.25, -0.2) is 4.39 Å². The highest BCUT2D eigenvalue weighted by molar-refractivity contribution is 5.96. The molecule has 0 saturated carbocycles. The molecule has 2 heterocycles. The van der Waals surface area contributed by atoms with Crippen LogP contribution in [-0.2, 0) is 4.79 Å². The monoisotopic (exact) mass is 417 g/mol. The van der Waals surface area contributed by atoms with Crippen LogP contribution in [-0.4, -0.2) is 34.8 Å². The number of amides is 2. The topological polar surface area (TPSA) is 62.3 Å². The Bertz CT molecular complexity index is 1080. The van der Waals surface area contributed by atoms with Crippen molar-refractivity contribution in [2.75, 3.05) is 18.4 Å². The fourth-order valence-corrected chi connectivity index (χ4v) is 3.82. The molecule has 0 radical (unpaired) electrons. The number of rotatable bonds is 4. The first-order valence-corrected chi connectivity index (χ1v) is 10.4. The minimum Gasteiger partial charge on any atom is -0.338 e. The Balaban J connectivity index is 1.42. The lowest BCUT2D eigenvalue weighted by Crippen LogP contribution is -2.43. The fourth-order valence-electron chi connectivity index (χ4n) is 3.82. The average Bonchev–Trinajstić information content (AvgIpc) is 2.80. The van der Waals surface area contributed by atoms with Crippen LogP contribution in [0.2, 0.25) is 0 Å². The predicted octanol–water partition coefficient (Wildman–Crippen LogP) is 4.69. The summed E-state index contributed by atoms with van der Waals surface area (Å²) in [7, 11) is 0. The maximum atomic E-state index is 13.2. The molecule has 1 fully saturated rings. The number of hydrogen-bond donors (Lipinski definition) is 1. The van der Waals surface area contributed by atoms with Crippen molar-refractivity contribution in [3.8, 4) is 11.1 Å². The molecular formula is C25H24FN3O2. The van der Waals surface area contributed by atoms with Crippen molar-refractivity contribution in [2.45, 2.75) is 19.8 Å². The molecule has 0 bridgehead atoms. The molecule has 1 N–H and O–H groups in total. The van der Waals surface area contributed by atoms with Crippen molar-refractivity contribution in [2.24, 2.45) is 5.92 Å². The van der Waals surface area contributed by atoms with Gasteiger partial charge in [-0.15, -0.1) is 0 Å². The van der Waals surface area contributed by atoms with Gasteiger partial charge in [0, 0.05) is 30.7 Å². The van der Waals surface area contributed by atoms with Crippen LogP contribution in [0.3, 0.4) is 0 Å². The Hall–Kier alpha value is -3.54. The van der Waals surface area contributed by atoms with Gasteiger partial charge in [0.1, 0.15) is 5.82 Å². The number of nitrogens with one attached hydrogen (secondary N) is 1. The second-order valence-corrected chi connectivity index (χ2v) is 7.86. The zero-order valence-electron chi connectivity index (χ0n) is 17.3. The Labute approximate surface area is 180 Å². The van der Waals surface area contributed by atoms with E-state index in [1.54, 1.807) is 29.3 Å². The highest BCUT2D eigenvalue weighted by Gasteiger charge is 2.29. The SMILES string of the molecule is Cc1ccc(C(=O)N2CCC[C@@H](C(=O)Nc3cccc(-c4ccc(F)cc4)c3)C2)cn1. The fraction of sp³-hybridized carbons (Fsp3) is 0.240. The lowest BCUT2D eigenvalue weighted by atomic mass is 9.96. The third kappa shape index (κ3) is 4.97. The van der Waals surface area contributed by atoms with E-state index in [1.165, 1.54) is 12.1 Å². The normalized spacial score (nSPS) is 16.1. The molecule has 0 unspecified atom stereocenters. The van der Waals surface area contributed by atoms with Crippen LogP contribution < -0.4 is 5.32 Å². The van der Waals surface area contributed by atoms with Gasteiger partial charge in [-0.1, -0.05) is 24.3 Å². The van der Waals surface area contributed by atoms with E-state index in [-0.39, 0.29) is 23.5 Å². The molecule has 31 heavy (non-hydrogen) atoms. The highest BCUT2D eigenvalue weighted by Crippen LogP contribution is 2.25. The summed E-state index contributed by atoms with van der Waals surface area (Å²) in [5.74, 6) is -0.754. The van der Waals surface area contributed by atoms with Gasteiger partial charge >= 0.3 is 0 Å². The van der Waals surface area contributed by atoms with Gasteiger partial charge in [0.15, 0.2) is 0 Å². The number of aryl methyl sites for hydroxylation is 1. The smallest absolute Gasteiger partial charge is 0.255 e. The lowest BCUT2D eigenvalue weighted by molar-refractivity contribution is -0.121. The number of anilines is 1. The van der Waals surface area contributed by atoms with E-state index in [1.807, 2.05) is 37.3 Å². The minimum atomic E-state index is -0.286. The number of carbonyl (C=O) groups is 2. The average molecular weight is 417 g/mol. The molecule has 4 rings (SSSR count). The summed E-state index contributed by atoms with van der Waals surface area (Å²) in [6.07, 6.45) is 3.10. The molecule has 6 heteroatoms. The Kier molecular flexibility index (Phi) is 6.07. The zero-order chi connectivity index (χ0) is 21.8. The molecule has 3 aromatic rings. The van der Waals surface area contributed by atoms with E-state index in [0.717, 1.165) is 29.7 Å². The van der Waals surface area contributed by atoms with Gasteiger partial charge in [-0.05, 0) is 67.3 Å². The van der Waals surface area contributed by atoms with E-state index in [2.05, 4.69) is 10.3 Å². The molecule has 1 aromatic heterocycles. The van der Waals surface area contributed by atoms with Crippen LogP contribution in [0, 0.1) is 18.7 Å². The van der Waals surface area contributed by atoms with Crippen molar-refractivity contribution >= 4 is 17.5 Å². The van der Waals surface area contributed by atoms with E-state index < -0.39 is 0 Å². The highest BCUT2D eigenvalue weighted by atomic mass is 19.1. The molecule has 2 amide bonds. The van der Waals surface area contributed by atoms with Crippen molar-refractivity contribution in [3.63, 3.8) is 0 Å². The number of likely N-dealkylation sites (tertiary alicyclic amines) is 1. The number of aromatic nitrogens is 1. The van der Waals surface area contributed by atoms with Crippen molar-refractivity contribution in [1.29, 1.82) is 0 Å². The summed E-state index contributed by atoms with van der Waals surface area (Å²) < 4.78 is 13.2. The summed E-state index contributed by atoms with van der Waals surface area (Å²) >= 11 is 0. The molecule has 0 aliphatic carbocycles. The van der Waals surface area contributed by atoms with E-state index in [4.69, 9.17) is 0 Å². The Morgan fingerprint density at radius 2 is 1.87 bits per heavy atom. The van der Waals surface area contributed by atoms with Gasteiger partial charge < -0.3 is 10.2 Å². The summed E-state index contributed by atoms with van der Waals surface area (Å²) in [6.45, 7) is 2.90. The molecule has 2 aromatic carbocycles. The van der Waals surface area contributed by atoms with Gasteiger partial charge in [0.2, 0.25) is 5.91 Å². The molecule has 0 spiro atoms. The number of hydrogen-bond acceptors (Lipinski definition) is 3. The first kappa shape index (κ1) is 20.7. The molecule has 5 nitrogen and oxygen atoms in total. The largest absolute Gasteiger partial charge is 0.338 e. The van der Waals surface area contributed by atoms with E-state index >= 15 is 0 Å². The minimum absolute atomic E-state index is 0.0942. The lowest BCUT2D eigenvalue weighted by Gasteiger charge is -2.32. The van der Waals surface area contributed by atoms with Crippen LogP contribution in [0.4, 0.5) is 10.1 Å². The van der Waals surface area contributed by atoms with E-state index in [9.17, 15) is 14.0 Å². The zero-order valence-corrected chi connectivity index (χ0v) is 17.3. The summed E-state index contributed by atoms with van der Waals surface area (Å²) in [5, 5.41) is 2.98. The van der Waals surface area contributed by atoms with Crippen LogP contribution in [0.5, 0.6) is 0 Å². The number of carbonyl (C=O) groups excluding carboxylic acids is 2. The summed E-state index contributed by atoms with van der Waals surface area (Å²) in [6, 6.07) is 17.3. The van der Waals surface area contributed by atoms with Crippen LogP contribution in [0.25, 0.3) is 11.1 Å². The maximum absolute atomic E-state index is 13.2. The van der Waals surface area contributed by atoms with Gasteiger partial charge in [-0.2, -0.15) is 0 Å². The molecule has 1 aliphatic rings. The number of halogens is 1. The van der Waals surface area contributed by atoms with Gasteiger partial charge in [-0.3, -0.25) is 14.6 Å². The molecule has 1 atom stereocenters. The Morgan fingerprint density at radius 3 is 2.61 bits per heavy atom. The second kappa shape index (κ2) is 9.08. The third-order valence-corrected chi connectivity index (χ3v) is 5.55. The van der Waals surface area contributed by atoms with Gasteiger partial charge in [0.05, 0.1) is 11.5 Å². The summed E-state index contributed by atoms with van der Waals surface area (Å²) in [5.41, 5.74) is 3.84. The second-order valence-electron chi connectivity index (χ2n) is 7.86. The van der Waals surface area contributed by atoms with Crippen molar-refractivity contribution in [1.82, 2.24) is 9.88 Å². The number of piperidine rings is 1. The molecular weight excluding hydrogens is 393 g/mol. The molecule has 158 valence electrons. The first-order valence-electron chi connectivity index (χ1n) is 10.4. The molecule has 1 aliphatic heterocycles. The Morgan fingerprint density at radius 1 is 1.06 bits per heavy atom. The van der Waals surface area contributed by atoms with Gasteiger partial charge in [0.25, 0.3) is 5.91 Å². The van der Waals surface area contributed by atoms with Crippen molar-refractivity contribution in [3.05, 3.63) is 83.9 Å². The number of pyridine rings is 1. The maximum Gasteiger partial charge on any atom is 0.255 e. The number of nitrogens with zero attached hydrogens (tertiary/aromatic N) is 2.